The molecule has 3 aromatic carbocycles. The standard InChI is InChI=1S/C20H17NO3/c1-14(22)24-18-12-6-10-16-9-5-11-17(19(16)18)20(23)21-13-15-7-3-2-4-8-15/h2-12H,13H2,1H3,(H,21,23). The van der Waals surface area contributed by atoms with E-state index in [1.807, 2.05) is 48.5 Å². The highest BCUT2D eigenvalue weighted by atomic mass is 16.5. The predicted molar refractivity (Wildman–Crippen MR) is 92.9 cm³/mol. The number of nitrogens with one attached hydrogen (secondary N) is 1. The first-order chi connectivity index (χ1) is 11.6. The van der Waals surface area contributed by atoms with Crippen LogP contribution in [0.4, 0.5) is 0 Å². The van der Waals surface area contributed by atoms with E-state index in [0.717, 1.165) is 10.9 Å². The summed E-state index contributed by atoms with van der Waals surface area (Å²) in [6.07, 6.45) is 0. The van der Waals surface area contributed by atoms with Crippen LogP contribution >= 0.6 is 0 Å². The summed E-state index contributed by atoms with van der Waals surface area (Å²) in [4.78, 5) is 23.9. The van der Waals surface area contributed by atoms with Crippen molar-refractivity contribution in [2.75, 3.05) is 0 Å². The molecule has 3 aromatic rings. The van der Waals surface area contributed by atoms with Gasteiger partial charge in [0.15, 0.2) is 0 Å². The number of amides is 1. The highest BCUT2D eigenvalue weighted by Gasteiger charge is 2.14. The molecule has 0 spiro atoms. The van der Waals surface area contributed by atoms with Crippen molar-refractivity contribution in [1.82, 2.24) is 5.32 Å². The highest BCUT2D eigenvalue weighted by Crippen LogP contribution is 2.29. The molecular weight excluding hydrogens is 302 g/mol. The largest absolute Gasteiger partial charge is 0.426 e. The van der Waals surface area contributed by atoms with E-state index in [0.29, 0.717) is 23.2 Å². The first-order valence-corrected chi connectivity index (χ1v) is 7.67. The minimum atomic E-state index is -0.415. The molecule has 1 amide bonds. The summed E-state index contributed by atoms with van der Waals surface area (Å²) in [7, 11) is 0. The molecule has 0 aromatic heterocycles. The van der Waals surface area contributed by atoms with Crippen LogP contribution in [0, 0.1) is 0 Å². The first-order valence-electron chi connectivity index (χ1n) is 7.67. The molecule has 0 fully saturated rings. The summed E-state index contributed by atoms with van der Waals surface area (Å²) < 4.78 is 5.26. The molecule has 0 radical (unpaired) electrons. The van der Waals surface area contributed by atoms with E-state index in [2.05, 4.69) is 5.32 Å². The van der Waals surface area contributed by atoms with Gasteiger partial charge in [-0.3, -0.25) is 9.59 Å². The lowest BCUT2D eigenvalue weighted by atomic mass is 10.0. The summed E-state index contributed by atoms with van der Waals surface area (Å²) in [5.41, 5.74) is 1.51. The number of carbonyl (C=O) groups is 2. The van der Waals surface area contributed by atoms with Crippen molar-refractivity contribution in [3.8, 4) is 5.75 Å². The molecule has 120 valence electrons. The third kappa shape index (κ3) is 3.43. The summed E-state index contributed by atoms with van der Waals surface area (Å²) in [5.74, 6) is -0.225. The quantitative estimate of drug-likeness (QED) is 0.589. The highest BCUT2D eigenvalue weighted by molar-refractivity contribution is 6.09. The summed E-state index contributed by atoms with van der Waals surface area (Å²) in [6.45, 7) is 1.78. The van der Waals surface area contributed by atoms with Gasteiger partial charge in [-0.2, -0.15) is 0 Å². The molecular formula is C20H17NO3. The van der Waals surface area contributed by atoms with Gasteiger partial charge in [-0.1, -0.05) is 54.6 Å². The molecule has 0 aliphatic heterocycles. The molecule has 0 aliphatic carbocycles. The van der Waals surface area contributed by atoms with Crippen LogP contribution in [0.25, 0.3) is 10.8 Å². The number of fused-ring (bicyclic) bond motifs is 1. The zero-order valence-corrected chi connectivity index (χ0v) is 13.3. The molecule has 24 heavy (non-hydrogen) atoms. The van der Waals surface area contributed by atoms with E-state index < -0.39 is 5.97 Å². The van der Waals surface area contributed by atoms with Crippen molar-refractivity contribution >= 4 is 22.6 Å². The average Bonchev–Trinajstić information content (AvgIpc) is 2.60. The number of hydrogen-bond donors (Lipinski definition) is 1. The zero-order valence-electron chi connectivity index (χ0n) is 13.3. The van der Waals surface area contributed by atoms with Gasteiger partial charge in [0.1, 0.15) is 5.75 Å². The van der Waals surface area contributed by atoms with Crippen LogP contribution in [0.15, 0.2) is 66.7 Å². The second-order valence-electron chi connectivity index (χ2n) is 5.42. The Morgan fingerprint density at radius 1 is 0.917 bits per heavy atom. The van der Waals surface area contributed by atoms with Crippen molar-refractivity contribution in [2.45, 2.75) is 13.5 Å². The molecule has 0 saturated heterocycles. The van der Waals surface area contributed by atoms with Gasteiger partial charge >= 0.3 is 5.97 Å². The van der Waals surface area contributed by atoms with Gasteiger partial charge in [-0.25, -0.2) is 0 Å². The SMILES string of the molecule is CC(=O)Oc1cccc2cccc(C(=O)NCc3ccccc3)c12. The number of ether oxygens (including phenoxy) is 1. The minimum Gasteiger partial charge on any atom is -0.426 e. The van der Waals surface area contributed by atoms with Gasteiger partial charge < -0.3 is 10.1 Å². The van der Waals surface area contributed by atoms with Gasteiger partial charge in [0.25, 0.3) is 5.91 Å². The third-order valence-corrected chi connectivity index (χ3v) is 3.66. The normalized spacial score (nSPS) is 10.4. The molecule has 1 N–H and O–H groups in total. The van der Waals surface area contributed by atoms with E-state index in [4.69, 9.17) is 4.74 Å². The van der Waals surface area contributed by atoms with Gasteiger partial charge in [0.05, 0.1) is 5.56 Å². The number of hydrogen-bond acceptors (Lipinski definition) is 3. The molecule has 0 aliphatic rings. The van der Waals surface area contributed by atoms with Crippen LogP contribution in [-0.2, 0) is 11.3 Å². The lowest BCUT2D eigenvalue weighted by molar-refractivity contribution is -0.131. The first kappa shape index (κ1) is 15.7. The Morgan fingerprint density at radius 3 is 2.33 bits per heavy atom. The van der Waals surface area contributed by atoms with Gasteiger partial charge in [0, 0.05) is 18.9 Å². The molecule has 0 saturated carbocycles. The Hall–Kier alpha value is -3.14. The molecule has 0 unspecified atom stereocenters. The van der Waals surface area contributed by atoms with E-state index in [-0.39, 0.29) is 5.91 Å². The van der Waals surface area contributed by atoms with Crippen molar-refractivity contribution < 1.29 is 14.3 Å². The van der Waals surface area contributed by atoms with Crippen molar-refractivity contribution in [3.05, 3.63) is 77.9 Å². The van der Waals surface area contributed by atoms with Crippen LogP contribution in [0.5, 0.6) is 5.75 Å². The van der Waals surface area contributed by atoms with Crippen LogP contribution in [0.3, 0.4) is 0 Å². The topological polar surface area (TPSA) is 55.4 Å². The van der Waals surface area contributed by atoms with Crippen LogP contribution in [-0.4, -0.2) is 11.9 Å². The fourth-order valence-electron chi connectivity index (χ4n) is 2.61. The number of carbonyl (C=O) groups excluding carboxylic acids is 2. The van der Waals surface area contributed by atoms with E-state index in [1.54, 1.807) is 18.2 Å². The fourth-order valence-corrected chi connectivity index (χ4v) is 2.61. The smallest absolute Gasteiger partial charge is 0.308 e. The Labute approximate surface area is 140 Å². The Kier molecular flexibility index (Phi) is 4.57. The second-order valence-corrected chi connectivity index (χ2v) is 5.42. The molecule has 0 bridgehead atoms. The molecule has 0 atom stereocenters. The van der Waals surface area contributed by atoms with Gasteiger partial charge in [0.2, 0.25) is 0 Å². The van der Waals surface area contributed by atoms with Gasteiger partial charge in [-0.05, 0) is 23.1 Å². The molecule has 0 heterocycles. The Bertz CT molecular complexity index is 883. The van der Waals surface area contributed by atoms with Crippen LogP contribution in [0.2, 0.25) is 0 Å². The summed E-state index contributed by atoms with van der Waals surface area (Å²) >= 11 is 0. The number of benzene rings is 3. The van der Waals surface area contributed by atoms with Crippen molar-refractivity contribution in [1.29, 1.82) is 0 Å². The lowest BCUT2D eigenvalue weighted by Gasteiger charge is -2.11. The maximum absolute atomic E-state index is 12.6. The fraction of sp³-hybridized carbons (Fsp3) is 0.100. The average molecular weight is 319 g/mol. The predicted octanol–water partition coefficient (Wildman–Crippen LogP) is 3.70. The van der Waals surface area contributed by atoms with Crippen LogP contribution in [0.1, 0.15) is 22.8 Å². The van der Waals surface area contributed by atoms with Crippen molar-refractivity contribution in [2.24, 2.45) is 0 Å². The molecule has 4 heteroatoms. The van der Waals surface area contributed by atoms with E-state index in [1.165, 1.54) is 6.92 Å². The monoisotopic (exact) mass is 319 g/mol. The van der Waals surface area contributed by atoms with Crippen molar-refractivity contribution in [3.63, 3.8) is 0 Å². The Morgan fingerprint density at radius 2 is 1.62 bits per heavy atom. The van der Waals surface area contributed by atoms with Gasteiger partial charge in [-0.15, -0.1) is 0 Å². The number of esters is 1. The molecule has 4 nitrogen and oxygen atoms in total. The van der Waals surface area contributed by atoms with E-state index in [9.17, 15) is 9.59 Å². The summed E-state index contributed by atoms with van der Waals surface area (Å²) in [5, 5.41) is 4.40. The van der Waals surface area contributed by atoms with Crippen LogP contribution < -0.4 is 10.1 Å². The summed E-state index contributed by atoms with van der Waals surface area (Å²) in [6, 6.07) is 20.5. The number of rotatable bonds is 4. The minimum absolute atomic E-state index is 0.205. The molecule has 3 rings (SSSR count). The maximum Gasteiger partial charge on any atom is 0.308 e. The van der Waals surface area contributed by atoms with E-state index >= 15 is 0 Å². The maximum atomic E-state index is 12.6. The zero-order chi connectivity index (χ0) is 16.9. The lowest BCUT2D eigenvalue weighted by Crippen LogP contribution is -2.23. The Balaban J connectivity index is 1.93. The second kappa shape index (κ2) is 6.96. The third-order valence-electron chi connectivity index (χ3n) is 3.66.